The van der Waals surface area contributed by atoms with Crippen molar-refractivity contribution in [2.75, 3.05) is 0 Å². The highest BCUT2D eigenvalue weighted by Crippen LogP contribution is 2.41. The molecule has 2 heterocycles. The number of phenolic OH excluding ortho intramolecular Hbond substituents is 1. The third-order valence-corrected chi connectivity index (χ3v) is 7.12. The second-order valence-electron chi connectivity index (χ2n) is 8.29. The standard InChI is InChI=1S/C26H23NO4S/c28-20-8-3-7-18(14-20)23-22(25(30)26(31)27(23)15-21-9-4-12-32-21)24(29)19-11-10-16-5-1-2-6-17(16)13-19/h3-4,7-14,23,28-29H,1-2,5-6,15H2/b24-22-. The number of rotatable bonds is 4. The first-order valence-electron chi connectivity index (χ1n) is 10.7. The van der Waals surface area contributed by atoms with Gasteiger partial charge in [-0.2, -0.15) is 0 Å². The van der Waals surface area contributed by atoms with E-state index in [1.165, 1.54) is 33.4 Å². The summed E-state index contributed by atoms with van der Waals surface area (Å²) in [5, 5.41) is 23.3. The van der Waals surface area contributed by atoms with Crippen molar-refractivity contribution in [2.24, 2.45) is 0 Å². The monoisotopic (exact) mass is 445 g/mol. The van der Waals surface area contributed by atoms with Crippen LogP contribution >= 0.6 is 11.3 Å². The number of phenols is 1. The molecular formula is C26H23NO4S. The van der Waals surface area contributed by atoms with E-state index in [-0.39, 0.29) is 23.6 Å². The lowest BCUT2D eigenvalue weighted by atomic mass is 9.88. The van der Waals surface area contributed by atoms with Crippen molar-refractivity contribution in [2.45, 2.75) is 38.3 Å². The number of carbonyl (C=O) groups excluding carboxylic acids is 2. The van der Waals surface area contributed by atoms with Crippen LogP contribution in [0.25, 0.3) is 5.76 Å². The number of hydrogen-bond donors (Lipinski definition) is 2. The van der Waals surface area contributed by atoms with Crippen LogP contribution in [0.5, 0.6) is 5.75 Å². The molecule has 0 radical (unpaired) electrons. The molecule has 1 amide bonds. The SMILES string of the molecule is O=C1C(=O)N(Cc2cccs2)C(c2cccc(O)c2)/C1=C(/O)c1ccc2c(c1)CCCC2. The zero-order chi connectivity index (χ0) is 22.2. The minimum atomic E-state index is -0.778. The highest BCUT2D eigenvalue weighted by molar-refractivity contribution is 7.09. The van der Waals surface area contributed by atoms with E-state index in [2.05, 4.69) is 0 Å². The van der Waals surface area contributed by atoms with E-state index in [0.29, 0.717) is 11.1 Å². The summed E-state index contributed by atoms with van der Waals surface area (Å²) >= 11 is 1.50. The molecule has 0 saturated carbocycles. The van der Waals surface area contributed by atoms with Gasteiger partial charge < -0.3 is 15.1 Å². The number of benzene rings is 2. The Morgan fingerprint density at radius 1 is 1.00 bits per heavy atom. The van der Waals surface area contributed by atoms with E-state index >= 15 is 0 Å². The summed E-state index contributed by atoms with van der Waals surface area (Å²) in [4.78, 5) is 28.6. The normalized spacial score (nSPS) is 19.9. The number of amides is 1. The van der Waals surface area contributed by atoms with Crippen LogP contribution in [-0.4, -0.2) is 26.8 Å². The smallest absolute Gasteiger partial charge is 0.295 e. The van der Waals surface area contributed by atoms with Gasteiger partial charge in [0.2, 0.25) is 0 Å². The van der Waals surface area contributed by atoms with Crippen molar-refractivity contribution < 1.29 is 19.8 Å². The Balaban J connectivity index is 1.64. The van der Waals surface area contributed by atoms with Crippen molar-refractivity contribution in [1.29, 1.82) is 0 Å². The molecule has 1 atom stereocenters. The number of aryl methyl sites for hydroxylation is 2. The second-order valence-corrected chi connectivity index (χ2v) is 9.32. The lowest BCUT2D eigenvalue weighted by molar-refractivity contribution is -0.140. The molecule has 162 valence electrons. The molecule has 0 spiro atoms. The van der Waals surface area contributed by atoms with Gasteiger partial charge in [0.15, 0.2) is 0 Å². The number of aliphatic hydroxyl groups excluding tert-OH is 1. The Morgan fingerprint density at radius 2 is 1.81 bits per heavy atom. The van der Waals surface area contributed by atoms with Crippen molar-refractivity contribution in [3.63, 3.8) is 0 Å². The van der Waals surface area contributed by atoms with Crippen LogP contribution in [0.2, 0.25) is 0 Å². The van der Waals surface area contributed by atoms with Gasteiger partial charge in [-0.15, -0.1) is 11.3 Å². The molecule has 1 fully saturated rings. The summed E-state index contributed by atoms with van der Waals surface area (Å²) in [6.07, 6.45) is 4.22. The van der Waals surface area contributed by atoms with Gasteiger partial charge in [0.1, 0.15) is 11.5 Å². The highest BCUT2D eigenvalue weighted by Gasteiger charge is 2.46. The van der Waals surface area contributed by atoms with Crippen molar-refractivity contribution in [1.82, 2.24) is 4.90 Å². The second kappa shape index (κ2) is 8.28. The molecule has 1 saturated heterocycles. The number of aromatic hydroxyl groups is 1. The molecule has 1 unspecified atom stereocenters. The first-order valence-corrected chi connectivity index (χ1v) is 11.6. The molecule has 2 N–H and O–H groups in total. The number of fused-ring (bicyclic) bond motifs is 1. The summed E-state index contributed by atoms with van der Waals surface area (Å²) in [5.41, 5.74) is 3.65. The minimum Gasteiger partial charge on any atom is -0.508 e. The number of thiophene rings is 1. The van der Waals surface area contributed by atoms with E-state index in [1.807, 2.05) is 35.7 Å². The van der Waals surface area contributed by atoms with Crippen molar-refractivity contribution >= 4 is 28.8 Å². The average molecular weight is 446 g/mol. The van der Waals surface area contributed by atoms with Gasteiger partial charge in [0, 0.05) is 10.4 Å². The molecule has 1 aliphatic carbocycles. The third-order valence-electron chi connectivity index (χ3n) is 6.25. The van der Waals surface area contributed by atoms with Gasteiger partial charge in [-0.1, -0.05) is 30.3 Å². The summed E-state index contributed by atoms with van der Waals surface area (Å²) in [7, 11) is 0. The van der Waals surface area contributed by atoms with Crippen molar-refractivity contribution in [3.8, 4) is 5.75 Å². The lowest BCUT2D eigenvalue weighted by Crippen LogP contribution is -2.28. The number of carbonyl (C=O) groups is 2. The quantitative estimate of drug-likeness (QED) is 0.338. The zero-order valence-corrected chi connectivity index (χ0v) is 18.3. The largest absolute Gasteiger partial charge is 0.508 e. The zero-order valence-electron chi connectivity index (χ0n) is 17.5. The van der Waals surface area contributed by atoms with E-state index in [4.69, 9.17) is 0 Å². The van der Waals surface area contributed by atoms with Gasteiger partial charge >= 0.3 is 0 Å². The molecule has 2 aliphatic rings. The van der Waals surface area contributed by atoms with E-state index < -0.39 is 17.7 Å². The average Bonchev–Trinajstić information content (AvgIpc) is 3.41. The van der Waals surface area contributed by atoms with Gasteiger partial charge in [0.25, 0.3) is 11.7 Å². The number of aliphatic hydroxyl groups is 1. The molecular weight excluding hydrogens is 422 g/mol. The fourth-order valence-corrected chi connectivity index (χ4v) is 5.39. The topological polar surface area (TPSA) is 77.8 Å². The van der Waals surface area contributed by atoms with Crippen LogP contribution in [0.3, 0.4) is 0 Å². The van der Waals surface area contributed by atoms with Crippen LogP contribution in [0, 0.1) is 0 Å². The molecule has 5 rings (SSSR count). The number of nitrogens with zero attached hydrogens (tertiary/aromatic N) is 1. The molecule has 0 bridgehead atoms. The van der Waals surface area contributed by atoms with E-state index in [0.717, 1.165) is 30.6 Å². The Morgan fingerprint density at radius 3 is 2.56 bits per heavy atom. The first-order chi connectivity index (χ1) is 15.5. The summed E-state index contributed by atoms with van der Waals surface area (Å²) in [6, 6.07) is 15.3. The van der Waals surface area contributed by atoms with E-state index in [9.17, 15) is 19.8 Å². The maximum atomic E-state index is 13.1. The van der Waals surface area contributed by atoms with Crippen LogP contribution in [0.4, 0.5) is 0 Å². The molecule has 1 aromatic heterocycles. The number of hydrogen-bond acceptors (Lipinski definition) is 5. The predicted molar refractivity (Wildman–Crippen MR) is 123 cm³/mol. The maximum absolute atomic E-state index is 13.1. The molecule has 32 heavy (non-hydrogen) atoms. The first kappa shape index (κ1) is 20.5. The van der Waals surface area contributed by atoms with Gasteiger partial charge in [-0.3, -0.25) is 9.59 Å². The Bertz CT molecular complexity index is 1230. The molecule has 6 heteroatoms. The van der Waals surface area contributed by atoms with Crippen LogP contribution in [0.1, 0.15) is 46.0 Å². The van der Waals surface area contributed by atoms with Gasteiger partial charge in [0.05, 0.1) is 18.2 Å². The molecule has 5 nitrogen and oxygen atoms in total. The summed E-state index contributed by atoms with van der Waals surface area (Å²) in [5.74, 6) is -1.48. The van der Waals surface area contributed by atoms with Crippen LogP contribution in [-0.2, 0) is 29.0 Å². The number of likely N-dealkylation sites (tertiary alicyclic amines) is 1. The number of Topliss-reactive ketones (excluding diaryl/α,β-unsaturated/α-hetero) is 1. The molecule has 3 aromatic rings. The Kier molecular flexibility index (Phi) is 5.31. The predicted octanol–water partition coefficient (Wildman–Crippen LogP) is 4.95. The van der Waals surface area contributed by atoms with Gasteiger partial charge in [-0.25, -0.2) is 0 Å². The Labute approximate surface area is 190 Å². The summed E-state index contributed by atoms with van der Waals surface area (Å²) < 4.78 is 0. The lowest BCUT2D eigenvalue weighted by Gasteiger charge is -2.25. The summed E-state index contributed by atoms with van der Waals surface area (Å²) in [6.45, 7) is 0.254. The van der Waals surface area contributed by atoms with Crippen LogP contribution in [0.15, 0.2) is 65.6 Å². The van der Waals surface area contributed by atoms with Gasteiger partial charge in [-0.05, 0) is 72.0 Å². The fourth-order valence-electron chi connectivity index (χ4n) is 4.69. The third kappa shape index (κ3) is 3.60. The van der Waals surface area contributed by atoms with Crippen molar-refractivity contribution in [3.05, 3.63) is 92.7 Å². The maximum Gasteiger partial charge on any atom is 0.295 e. The van der Waals surface area contributed by atoms with Crippen LogP contribution < -0.4 is 0 Å². The number of ketones is 1. The highest BCUT2D eigenvalue weighted by atomic mass is 32.1. The minimum absolute atomic E-state index is 0.0398. The molecule has 1 aliphatic heterocycles. The van der Waals surface area contributed by atoms with E-state index in [1.54, 1.807) is 18.2 Å². The molecule has 2 aromatic carbocycles. The fraction of sp³-hybridized carbons (Fsp3) is 0.231. The Hall–Kier alpha value is -3.38.